The predicted octanol–water partition coefficient (Wildman–Crippen LogP) is 4.16. The lowest BCUT2D eigenvalue weighted by atomic mass is 10.2. The Kier molecular flexibility index (Phi) is 4.60. The number of amides is 1. The van der Waals surface area contributed by atoms with Gasteiger partial charge in [-0.3, -0.25) is 4.79 Å². The molecule has 1 fully saturated rings. The zero-order valence-electron chi connectivity index (χ0n) is 11.9. The molecule has 0 aliphatic carbocycles. The van der Waals surface area contributed by atoms with Crippen LogP contribution in [0.3, 0.4) is 0 Å². The molecule has 0 N–H and O–H groups in total. The molecule has 1 heterocycles. The van der Waals surface area contributed by atoms with Gasteiger partial charge in [-0.15, -0.1) is 0 Å². The van der Waals surface area contributed by atoms with E-state index >= 15 is 0 Å². The zero-order chi connectivity index (χ0) is 15.5. The maximum absolute atomic E-state index is 11.8. The van der Waals surface area contributed by atoms with Crippen LogP contribution in [-0.4, -0.2) is 22.6 Å². The van der Waals surface area contributed by atoms with Crippen LogP contribution < -0.4 is 4.74 Å². The minimum Gasteiger partial charge on any atom is -0.457 e. The standard InChI is InChI=1S/C17H16ClNO2S/c18-13-3-7-15(8-4-13)21-14-5-1-12(2-6-14)10-19-11-16(22)9-17(19)20/h1-8,16,22H,9-11H2/t16-/m1/s1. The maximum atomic E-state index is 11.8. The number of hydrogen-bond donors (Lipinski definition) is 1. The van der Waals surface area contributed by atoms with Gasteiger partial charge in [0.1, 0.15) is 11.5 Å². The van der Waals surface area contributed by atoms with Gasteiger partial charge in [-0.05, 0) is 42.0 Å². The van der Waals surface area contributed by atoms with Crippen LogP contribution in [0.2, 0.25) is 5.02 Å². The van der Waals surface area contributed by atoms with Crippen molar-refractivity contribution < 1.29 is 9.53 Å². The highest BCUT2D eigenvalue weighted by Crippen LogP contribution is 2.24. The minimum absolute atomic E-state index is 0.153. The van der Waals surface area contributed by atoms with Crippen LogP contribution in [0.4, 0.5) is 0 Å². The number of carbonyl (C=O) groups excluding carboxylic acids is 1. The molecule has 1 amide bonds. The third-order valence-electron chi connectivity index (χ3n) is 3.54. The first kappa shape index (κ1) is 15.3. The molecule has 1 aliphatic rings. The first-order chi connectivity index (χ1) is 10.6. The van der Waals surface area contributed by atoms with E-state index in [4.69, 9.17) is 16.3 Å². The summed E-state index contributed by atoms with van der Waals surface area (Å²) in [5.41, 5.74) is 1.08. The van der Waals surface area contributed by atoms with Crippen molar-refractivity contribution in [3.8, 4) is 11.5 Å². The third-order valence-corrected chi connectivity index (χ3v) is 4.14. The fraction of sp³-hybridized carbons (Fsp3) is 0.235. The number of likely N-dealkylation sites (tertiary alicyclic amines) is 1. The van der Waals surface area contributed by atoms with Crippen LogP contribution in [-0.2, 0) is 11.3 Å². The molecular weight excluding hydrogens is 318 g/mol. The smallest absolute Gasteiger partial charge is 0.224 e. The van der Waals surface area contributed by atoms with E-state index in [0.29, 0.717) is 24.5 Å². The van der Waals surface area contributed by atoms with Crippen molar-refractivity contribution in [2.24, 2.45) is 0 Å². The molecule has 1 aliphatic heterocycles. The van der Waals surface area contributed by atoms with E-state index in [1.54, 1.807) is 12.1 Å². The molecule has 3 nitrogen and oxygen atoms in total. The van der Waals surface area contributed by atoms with Crippen molar-refractivity contribution in [1.82, 2.24) is 4.90 Å². The quantitative estimate of drug-likeness (QED) is 0.851. The van der Waals surface area contributed by atoms with Gasteiger partial charge in [0.25, 0.3) is 0 Å². The van der Waals surface area contributed by atoms with Gasteiger partial charge in [0.15, 0.2) is 0 Å². The van der Waals surface area contributed by atoms with Crippen molar-refractivity contribution in [3.63, 3.8) is 0 Å². The summed E-state index contributed by atoms with van der Waals surface area (Å²) in [6.07, 6.45) is 0.529. The highest BCUT2D eigenvalue weighted by Gasteiger charge is 2.26. The fourth-order valence-corrected chi connectivity index (χ4v) is 2.91. The van der Waals surface area contributed by atoms with E-state index in [1.807, 2.05) is 41.3 Å². The van der Waals surface area contributed by atoms with Crippen LogP contribution in [0.15, 0.2) is 48.5 Å². The van der Waals surface area contributed by atoms with Gasteiger partial charge in [0.2, 0.25) is 5.91 Å². The van der Waals surface area contributed by atoms with E-state index in [0.717, 1.165) is 17.1 Å². The third kappa shape index (κ3) is 3.76. The lowest BCUT2D eigenvalue weighted by Crippen LogP contribution is -2.24. The average Bonchev–Trinajstić information content (AvgIpc) is 2.81. The lowest BCUT2D eigenvalue weighted by Gasteiger charge is -2.16. The summed E-state index contributed by atoms with van der Waals surface area (Å²) in [5, 5.41) is 0.834. The van der Waals surface area contributed by atoms with Gasteiger partial charge in [-0.1, -0.05) is 23.7 Å². The zero-order valence-corrected chi connectivity index (χ0v) is 13.6. The van der Waals surface area contributed by atoms with Gasteiger partial charge in [-0.25, -0.2) is 0 Å². The Morgan fingerprint density at radius 2 is 1.68 bits per heavy atom. The molecule has 1 saturated heterocycles. The van der Waals surface area contributed by atoms with E-state index in [1.165, 1.54) is 0 Å². The molecule has 3 rings (SSSR count). The molecule has 2 aromatic rings. The summed E-state index contributed by atoms with van der Waals surface area (Å²) in [5.74, 6) is 1.66. The van der Waals surface area contributed by atoms with Crippen molar-refractivity contribution in [3.05, 3.63) is 59.1 Å². The van der Waals surface area contributed by atoms with Crippen molar-refractivity contribution in [1.29, 1.82) is 0 Å². The number of benzene rings is 2. The second-order valence-electron chi connectivity index (χ2n) is 5.33. The Bertz CT molecular complexity index is 657. The van der Waals surface area contributed by atoms with Crippen molar-refractivity contribution >= 4 is 30.1 Å². The van der Waals surface area contributed by atoms with E-state index < -0.39 is 0 Å². The second-order valence-corrected chi connectivity index (χ2v) is 6.50. The monoisotopic (exact) mass is 333 g/mol. The fourth-order valence-electron chi connectivity index (χ4n) is 2.43. The van der Waals surface area contributed by atoms with Gasteiger partial charge in [0.05, 0.1) is 0 Å². The average molecular weight is 334 g/mol. The number of hydrogen-bond acceptors (Lipinski definition) is 3. The molecule has 2 aromatic carbocycles. The van der Waals surface area contributed by atoms with Crippen LogP contribution in [0, 0.1) is 0 Å². The Morgan fingerprint density at radius 3 is 2.23 bits per heavy atom. The number of halogens is 1. The van der Waals surface area contributed by atoms with Gasteiger partial charge < -0.3 is 9.64 Å². The predicted molar refractivity (Wildman–Crippen MR) is 90.8 cm³/mol. The molecule has 114 valence electrons. The molecule has 0 bridgehead atoms. The Hall–Kier alpha value is -1.65. The molecule has 0 aromatic heterocycles. The number of nitrogens with zero attached hydrogens (tertiary/aromatic N) is 1. The van der Waals surface area contributed by atoms with Crippen LogP contribution >= 0.6 is 24.2 Å². The number of thiol groups is 1. The SMILES string of the molecule is O=C1C[C@@H](S)CN1Cc1ccc(Oc2ccc(Cl)cc2)cc1. The molecule has 0 spiro atoms. The van der Waals surface area contributed by atoms with E-state index in [2.05, 4.69) is 12.6 Å². The molecule has 0 unspecified atom stereocenters. The summed E-state index contributed by atoms with van der Waals surface area (Å²) < 4.78 is 5.75. The van der Waals surface area contributed by atoms with Gasteiger partial charge in [0, 0.05) is 29.8 Å². The molecule has 0 saturated carbocycles. The molecule has 22 heavy (non-hydrogen) atoms. The van der Waals surface area contributed by atoms with E-state index in [9.17, 15) is 4.79 Å². The summed E-state index contributed by atoms with van der Waals surface area (Å²) in [6, 6.07) is 15.0. The van der Waals surface area contributed by atoms with E-state index in [-0.39, 0.29) is 11.2 Å². The molecule has 1 atom stereocenters. The van der Waals surface area contributed by atoms with Crippen LogP contribution in [0.1, 0.15) is 12.0 Å². The summed E-state index contributed by atoms with van der Waals surface area (Å²) in [6.45, 7) is 1.34. The van der Waals surface area contributed by atoms with Crippen molar-refractivity contribution in [2.45, 2.75) is 18.2 Å². The molecule has 5 heteroatoms. The summed E-state index contributed by atoms with van der Waals surface area (Å²) in [4.78, 5) is 13.6. The molecule has 0 radical (unpaired) electrons. The number of ether oxygens (including phenoxy) is 1. The summed E-state index contributed by atoms with van der Waals surface area (Å²) in [7, 11) is 0. The highest BCUT2D eigenvalue weighted by atomic mass is 35.5. The molecular formula is C17H16ClNO2S. The Balaban J connectivity index is 1.63. The van der Waals surface area contributed by atoms with Gasteiger partial charge in [-0.2, -0.15) is 12.6 Å². The highest BCUT2D eigenvalue weighted by molar-refractivity contribution is 7.81. The number of carbonyl (C=O) groups is 1. The Morgan fingerprint density at radius 1 is 1.09 bits per heavy atom. The second kappa shape index (κ2) is 6.63. The van der Waals surface area contributed by atoms with Gasteiger partial charge >= 0.3 is 0 Å². The Labute approximate surface area is 140 Å². The van der Waals surface area contributed by atoms with Crippen molar-refractivity contribution in [2.75, 3.05) is 6.54 Å². The summed E-state index contributed by atoms with van der Waals surface area (Å²) >= 11 is 10.2. The first-order valence-corrected chi connectivity index (χ1v) is 7.98. The largest absolute Gasteiger partial charge is 0.457 e. The topological polar surface area (TPSA) is 29.5 Å². The maximum Gasteiger partial charge on any atom is 0.224 e. The van der Waals surface area contributed by atoms with Crippen LogP contribution in [0.25, 0.3) is 0 Å². The normalized spacial score (nSPS) is 17.8. The first-order valence-electron chi connectivity index (χ1n) is 7.08. The lowest BCUT2D eigenvalue weighted by molar-refractivity contribution is -0.128. The number of rotatable bonds is 4. The minimum atomic E-state index is 0.153. The van der Waals surface area contributed by atoms with Crippen LogP contribution in [0.5, 0.6) is 11.5 Å².